The molecule has 5 nitrogen and oxygen atoms in total. The van der Waals surface area contributed by atoms with E-state index in [1.807, 2.05) is 49.4 Å². The summed E-state index contributed by atoms with van der Waals surface area (Å²) in [6, 6.07) is 13.2. The number of carbonyl (C=O) groups is 1. The van der Waals surface area contributed by atoms with E-state index in [0.29, 0.717) is 19.7 Å². The molecule has 0 radical (unpaired) electrons. The molecule has 24 heavy (non-hydrogen) atoms. The van der Waals surface area contributed by atoms with Crippen LogP contribution in [0.25, 0.3) is 0 Å². The molecule has 128 valence electrons. The second-order valence-electron chi connectivity index (χ2n) is 5.23. The first-order valence-electron chi connectivity index (χ1n) is 7.62. The smallest absolute Gasteiger partial charge is 0.315 e. The summed E-state index contributed by atoms with van der Waals surface area (Å²) in [6.07, 6.45) is 0. The molecule has 0 aliphatic heterocycles. The topological polar surface area (TPSA) is 59.6 Å². The van der Waals surface area contributed by atoms with Crippen LogP contribution in [0.15, 0.2) is 46.9 Å². The van der Waals surface area contributed by atoms with E-state index < -0.39 is 0 Å². The van der Waals surface area contributed by atoms with Crippen molar-refractivity contribution in [2.24, 2.45) is 0 Å². The third-order valence-corrected chi connectivity index (χ3v) is 3.82. The molecule has 0 aliphatic carbocycles. The molecule has 0 bridgehead atoms. The van der Waals surface area contributed by atoms with Crippen LogP contribution in [-0.4, -0.2) is 26.3 Å². The van der Waals surface area contributed by atoms with Crippen molar-refractivity contribution in [1.29, 1.82) is 0 Å². The van der Waals surface area contributed by atoms with Gasteiger partial charge in [0.05, 0.1) is 13.7 Å². The zero-order valence-electron chi connectivity index (χ0n) is 13.8. The Hall–Kier alpha value is -2.21. The Morgan fingerprint density at radius 3 is 2.75 bits per heavy atom. The van der Waals surface area contributed by atoms with Gasteiger partial charge in [0.2, 0.25) is 0 Å². The summed E-state index contributed by atoms with van der Waals surface area (Å²) in [5.74, 6) is 1.54. The zero-order valence-corrected chi connectivity index (χ0v) is 15.4. The van der Waals surface area contributed by atoms with Crippen LogP contribution in [0.5, 0.6) is 11.5 Å². The van der Waals surface area contributed by atoms with E-state index in [1.165, 1.54) is 0 Å². The molecule has 0 saturated heterocycles. The summed E-state index contributed by atoms with van der Waals surface area (Å²) in [7, 11) is 1.61. The summed E-state index contributed by atoms with van der Waals surface area (Å²) in [4.78, 5) is 11.8. The van der Waals surface area contributed by atoms with Crippen LogP contribution in [-0.2, 0) is 6.54 Å². The Morgan fingerprint density at radius 2 is 2.00 bits per heavy atom. The summed E-state index contributed by atoms with van der Waals surface area (Å²) >= 11 is 3.41. The highest BCUT2D eigenvalue weighted by molar-refractivity contribution is 9.10. The summed E-state index contributed by atoms with van der Waals surface area (Å²) in [5, 5.41) is 5.56. The summed E-state index contributed by atoms with van der Waals surface area (Å²) in [5.41, 5.74) is 2.04. The van der Waals surface area contributed by atoms with Crippen LogP contribution < -0.4 is 20.1 Å². The predicted octanol–water partition coefficient (Wildman–Crippen LogP) is 3.64. The molecular weight excluding hydrogens is 372 g/mol. The molecular formula is C18H21BrN2O3. The van der Waals surface area contributed by atoms with Gasteiger partial charge in [0.15, 0.2) is 0 Å². The highest BCUT2D eigenvalue weighted by Gasteiger charge is 2.06. The minimum atomic E-state index is -0.245. The van der Waals surface area contributed by atoms with Crippen molar-refractivity contribution in [2.75, 3.05) is 20.3 Å². The van der Waals surface area contributed by atoms with Crippen LogP contribution in [0.1, 0.15) is 11.1 Å². The van der Waals surface area contributed by atoms with Crippen LogP contribution in [0, 0.1) is 6.92 Å². The lowest BCUT2D eigenvalue weighted by atomic mass is 10.2. The lowest BCUT2D eigenvalue weighted by Gasteiger charge is -2.12. The van der Waals surface area contributed by atoms with Gasteiger partial charge in [-0.1, -0.05) is 28.1 Å². The van der Waals surface area contributed by atoms with E-state index >= 15 is 0 Å². The van der Waals surface area contributed by atoms with Crippen LogP contribution in [0.2, 0.25) is 0 Å². The number of nitrogens with one attached hydrogen (secondary N) is 2. The molecule has 0 aromatic heterocycles. The molecule has 0 atom stereocenters. The number of benzene rings is 2. The Bertz CT molecular complexity index is 692. The lowest BCUT2D eigenvalue weighted by Crippen LogP contribution is -2.37. The zero-order chi connectivity index (χ0) is 17.4. The maximum absolute atomic E-state index is 11.8. The maximum Gasteiger partial charge on any atom is 0.315 e. The normalized spacial score (nSPS) is 10.1. The number of rotatable bonds is 7. The quantitative estimate of drug-likeness (QED) is 0.707. The number of aryl methyl sites for hydroxylation is 1. The number of urea groups is 1. The van der Waals surface area contributed by atoms with Gasteiger partial charge in [-0.2, -0.15) is 0 Å². The second-order valence-corrected chi connectivity index (χ2v) is 6.15. The number of amides is 2. The SMILES string of the molecule is COc1ccc(Br)cc1CNC(=O)NCCOc1cccc(C)c1. The van der Waals surface area contributed by atoms with Gasteiger partial charge in [0.25, 0.3) is 0 Å². The number of halogens is 1. The molecule has 0 unspecified atom stereocenters. The van der Waals surface area contributed by atoms with Gasteiger partial charge in [-0.3, -0.25) is 0 Å². The summed E-state index contributed by atoms with van der Waals surface area (Å²) in [6.45, 7) is 3.23. The van der Waals surface area contributed by atoms with E-state index in [0.717, 1.165) is 27.1 Å². The monoisotopic (exact) mass is 392 g/mol. The number of ether oxygens (including phenoxy) is 2. The van der Waals surface area contributed by atoms with Crippen molar-refractivity contribution in [3.05, 3.63) is 58.1 Å². The molecule has 0 heterocycles. The van der Waals surface area contributed by atoms with E-state index in [2.05, 4.69) is 26.6 Å². The average molecular weight is 393 g/mol. The fraction of sp³-hybridized carbons (Fsp3) is 0.278. The Labute approximate surface area is 150 Å². The van der Waals surface area contributed by atoms with Gasteiger partial charge in [-0.15, -0.1) is 0 Å². The number of hydrogen-bond donors (Lipinski definition) is 2. The minimum absolute atomic E-state index is 0.245. The van der Waals surface area contributed by atoms with Gasteiger partial charge >= 0.3 is 6.03 Å². The molecule has 0 saturated carbocycles. The maximum atomic E-state index is 11.8. The van der Waals surface area contributed by atoms with Crippen molar-refractivity contribution < 1.29 is 14.3 Å². The number of hydrogen-bond acceptors (Lipinski definition) is 3. The van der Waals surface area contributed by atoms with E-state index in [9.17, 15) is 4.79 Å². The second kappa shape index (κ2) is 9.17. The standard InChI is InChI=1S/C18H21BrN2O3/c1-13-4-3-5-16(10-13)24-9-8-20-18(22)21-12-14-11-15(19)6-7-17(14)23-2/h3-7,10-11H,8-9,12H2,1-2H3,(H2,20,21,22). The molecule has 2 aromatic rings. The van der Waals surface area contributed by atoms with Crippen molar-refractivity contribution in [1.82, 2.24) is 10.6 Å². The van der Waals surface area contributed by atoms with Crippen LogP contribution in [0.3, 0.4) is 0 Å². The van der Waals surface area contributed by atoms with E-state index in [4.69, 9.17) is 9.47 Å². The van der Waals surface area contributed by atoms with Gasteiger partial charge in [-0.05, 0) is 42.8 Å². The predicted molar refractivity (Wildman–Crippen MR) is 97.6 cm³/mol. The van der Waals surface area contributed by atoms with Gasteiger partial charge in [0, 0.05) is 16.6 Å². The third kappa shape index (κ3) is 5.77. The molecule has 0 aliphatic rings. The van der Waals surface area contributed by atoms with Crippen molar-refractivity contribution in [3.63, 3.8) is 0 Å². The molecule has 6 heteroatoms. The number of methoxy groups -OCH3 is 1. The third-order valence-electron chi connectivity index (χ3n) is 3.33. The van der Waals surface area contributed by atoms with E-state index in [1.54, 1.807) is 7.11 Å². The first-order chi connectivity index (χ1) is 11.6. The molecule has 2 N–H and O–H groups in total. The van der Waals surface area contributed by atoms with Gasteiger partial charge in [0.1, 0.15) is 18.1 Å². The van der Waals surface area contributed by atoms with Gasteiger partial charge < -0.3 is 20.1 Å². The fourth-order valence-corrected chi connectivity index (χ4v) is 2.57. The highest BCUT2D eigenvalue weighted by Crippen LogP contribution is 2.22. The fourth-order valence-electron chi connectivity index (χ4n) is 2.16. The largest absolute Gasteiger partial charge is 0.496 e. The molecule has 0 fully saturated rings. The number of carbonyl (C=O) groups excluding carboxylic acids is 1. The average Bonchev–Trinajstić information content (AvgIpc) is 2.57. The highest BCUT2D eigenvalue weighted by atomic mass is 79.9. The van der Waals surface area contributed by atoms with Crippen LogP contribution in [0.4, 0.5) is 4.79 Å². The van der Waals surface area contributed by atoms with Crippen molar-refractivity contribution in [3.8, 4) is 11.5 Å². The van der Waals surface area contributed by atoms with Gasteiger partial charge in [-0.25, -0.2) is 4.79 Å². The molecule has 0 spiro atoms. The van der Waals surface area contributed by atoms with Crippen molar-refractivity contribution in [2.45, 2.75) is 13.5 Å². The lowest BCUT2D eigenvalue weighted by molar-refractivity contribution is 0.236. The first kappa shape index (κ1) is 18.1. The van der Waals surface area contributed by atoms with E-state index in [-0.39, 0.29) is 6.03 Å². The molecule has 2 rings (SSSR count). The summed E-state index contributed by atoms with van der Waals surface area (Å²) < 4.78 is 11.8. The minimum Gasteiger partial charge on any atom is -0.496 e. The Kier molecular flexibility index (Phi) is 6.93. The molecule has 2 amide bonds. The Morgan fingerprint density at radius 1 is 1.17 bits per heavy atom. The van der Waals surface area contributed by atoms with Crippen LogP contribution >= 0.6 is 15.9 Å². The first-order valence-corrected chi connectivity index (χ1v) is 8.41. The Balaban J connectivity index is 1.71. The van der Waals surface area contributed by atoms with Crippen molar-refractivity contribution >= 4 is 22.0 Å². The molecule has 2 aromatic carbocycles.